The highest BCUT2D eigenvalue weighted by Crippen LogP contribution is 2.31. The van der Waals surface area contributed by atoms with Gasteiger partial charge in [0.15, 0.2) is 23.3 Å². The van der Waals surface area contributed by atoms with Gasteiger partial charge in [0.05, 0.1) is 5.52 Å². The smallest absolute Gasteiger partial charge is 0.194 e. The number of halogens is 4. The van der Waals surface area contributed by atoms with Crippen molar-refractivity contribution in [1.29, 1.82) is 0 Å². The van der Waals surface area contributed by atoms with E-state index in [-0.39, 0.29) is 11.1 Å². The molecule has 5 aromatic rings. The maximum Gasteiger partial charge on any atom is 0.194 e. The molecule has 0 spiro atoms. The fourth-order valence-electron chi connectivity index (χ4n) is 3.48. The number of hydrogen-bond acceptors (Lipinski definition) is 4. The summed E-state index contributed by atoms with van der Waals surface area (Å²) < 4.78 is 55.3. The van der Waals surface area contributed by atoms with Crippen molar-refractivity contribution >= 4 is 22.4 Å². The average Bonchev–Trinajstić information content (AvgIpc) is 2.83. The Labute approximate surface area is 185 Å². The molecule has 0 fully saturated rings. The van der Waals surface area contributed by atoms with E-state index in [4.69, 9.17) is 0 Å². The standard InChI is InChI=1S/C25H14F4N4/c26-19-13-16(5-6-17(19)15-11-20(27)23(29)21(28)12-15)31-25-18-3-1-2-4-22(18)32-24(33-25)14-7-9-30-10-8-14/h1-13H,(H,31,32,33). The molecule has 0 radical (unpaired) electrons. The van der Waals surface area contributed by atoms with Gasteiger partial charge < -0.3 is 5.32 Å². The lowest BCUT2D eigenvalue weighted by molar-refractivity contribution is 0.447. The summed E-state index contributed by atoms with van der Waals surface area (Å²) in [5.41, 5.74) is 1.65. The first-order valence-corrected chi connectivity index (χ1v) is 9.88. The predicted octanol–water partition coefficient (Wildman–Crippen LogP) is 6.66. The highest BCUT2D eigenvalue weighted by Gasteiger charge is 2.15. The first-order valence-electron chi connectivity index (χ1n) is 9.88. The van der Waals surface area contributed by atoms with Crippen molar-refractivity contribution in [3.8, 4) is 22.5 Å². The van der Waals surface area contributed by atoms with Gasteiger partial charge in [-0.1, -0.05) is 12.1 Å². The SMILES string of the molecule is Fc1cc(Nc2nc(-c3ccncc3)nc3ccccc23)ccc1-c1cc(F)c(F)c(F)c1. The van der Waals surface area contributed by atoms with E-state index < -0.39 is 23.3 Å². The van der Waals surface area contributed by atoms with E-state index in [0.29, 0.717) is 22.8 Å². The summed E-state index contributed by atoms with van der Waals surface area (Å²) in [6, 6.07) is 16.5. The number of anilines is 2. The van der Waals surface area contributed by atoms with Crippen molar-refractivity contribution in [3.05, 3.63) is 102 Å². The van der Waals surface area contributed by atoms with E-state index in [9.17, 15) is 17.6 Å². The fourth-order valence-corrected chi connectivity index (χ4v) is 3.48. The van der Waals surface area contributed by atoms with Gasteiger partial charge in [0.2, 0.25) is 0 Å². The molecule has 1 N–H and O–H groups in total. The molecule has 0 bridgehead atoms. The van der Waals surface area contributed by atoms with Gasteiger partial charge in [0.25, 0.3) is 0 Å². The minimum Gasteiger partial charge on any atom is -0.340 e. The van der Waals surface area contributed by atoms with Crippen LogP contribution in [0.5, 0.6) is 0 Å². The Morgan fingerprint density at radius 3 is 2.12 bits per heavy atom. The summed E-state index contributed by atoms with van der Waals surface area (Å²) >= 11 is 0. The zero-order valence-corrected chi connectivity index (χ0v) is 16.9. The van der Waals surface area contributed by atoms with Gasteiger partial charge in [0, 0.05) is 34.6 Å². The zero-order valence-electron chi connectivity index (χ0n) is 16.9. The molecule has 0 aliphatic heterocycles. The van der Waals surface area contributed by atoms with Crippen LogP contribution in [0.3, 0.4) is 0 Å². The quantitative estimate of drug-likeness (QED) is 0.248. The largest absolute Gasteiger partial charge is 0.340 e. The summed E-state index contributed by atoms with van der Waals surface area (Å²) in [5, 5.41) is 3.82. The monoisotopic (exact) mass is 446 g/mol. The van der Waals surface area contributed by atoms with Gasteiger partial charge in [0.1, 0.15) is 11.6 Å². The van der Waals surface area contributed by atoms with E-state index in [0.717, 1.165) is 23.1 Å². The molecular formula is C25H14F4N4. The van der Waals surface area contributed by atoms with Gasteiger partial charge in [-0.2, -0.15) is 0 Å². The Bertz CT molecular complexity index is 1470. The summed E-state index contributed by atoms with van der Waals surface area (Å²) in [6.07, 6.45) is 3.27. The second-order valence-electron chi connectivity index (χ2n) is 7.22. The molecule has 3 aromatic carbocycles. The molecule has 0 atom stereocenters. The van der Waals surface area contributed by atoms with Crippen LogP contribution in [0.4, 0.5) is 29.1 Å². The lowest BCUT2D eigenvalue weighted by atomic mass is 10.0. The third-order valence-electron chi connectivity index (χ3n) is 5.07. The summed E-state index contributed by atoms with van der Waals surface area (Å²) in [4.78, 5) is 13.2. The Morgan fingerprint density at radius 1 is 0.667 bits per heavy atom. The third kappa shape index (κ3) is 3.98. The Kier molecular flexibility index (Phi) is 5.18. The third-order valence-corrected chi connectivity index (χ3v) is 5.07. The minimum absolute atomic E-state index is 0.0663. The van der Waals surface area contributed by atoms with Crippen molar-refractivity contribution in [2.45, 2.75) is 0 Å². The van der Waals surface area contributed by atoms with Gasteiger partial charge in [-0.15, -0.1) is 0 Å². The van der Waals surface area contributed by atoms with Crippen LogP contribution in [-0.2, 0) is 0 Å². The normalized spacial score (nSPS) is 11.0. The average molecular weight is 446 g/mol. The first kappa shape index (κ1) is 20.6. The number of hydrogen-bond donors (Lipinski definition) is 1. The van der Waals surface area contributed by atoms with Crippen LogP contribution in [0.15, 0.2) is 79.1 Å². The molecule has 0 saturated heterocycles. The molecule has 0 unspecified atom stereocenters. The van der Waals surface area contributed by atoms with E-state index in [2.05, 4.69) is 20.3 Å². The van der Waals surface area contributed by atoms with Crippen LogP contribution in [-0.4, -0.2) is 15.0 Å². The van der Waals surface area contributed by atoms with Crippen LogP contribution < -0.4 is 5.32 Å². The van der Waals surface area contributed by atoms with Gasteiger partial charge in [-0.05, 0) is 60.2 Å². The van der Waals surface area contributed by atoms with Gasteiger partial charge in [-0.3, -0.25) is 4.98 Å². The second-order valence-corrected chi connectivity index (χ2v) is 7.22. The van der Waals surface area contributed by atoms with Gasteiger partial charge in [-0.25, -0.2) is 27.5 Å². The highest BCUT2D eigenvalue weighted by atomic mass is 19.2. The number of para-hydroxylation sites is 1. The zero-order chi connectivity index (χ0) is 22.9. The maximum atomic E-state index is 14.8. The highest BCUT2D eigenvalue weighted by molar-refractivity contribution is 5.92. The number of rotatable bonds is 4. The molecule has 8 heteroatoms. The predicted molar refractivity (Wildman–Crippen MR) is 118 cm³/mol. The molecular weight excluding hydrogens is 432 g/mol. The number of aromatic nitrogens is 3. The molecule has 0 amide bonds. The summed E-state index contributed by atoms with van der Waals surface area (Å²) in [6.45, 7) is 0. The lowest BCUT2D eigenvalue weighted by Crippen LogP contribution is -2.00. The molecule has 2 aromatic heterocycles. The van der Waals surface area contributed by atoms with Crippen molar-refractivity contribution in [2.24, 2.45) is 0 Å². The van der Waals surface area contributed by atoms with E-state index in [1.807, 2.05) is 24.3 Å². The Hall–Kier alpha value is -4.33. The van der Waals surface area contributed by atoms with Crippen molar-refractivity contribution < 1.29 is 17.6 Å². The minimum atomic E-state index is -1.60. The Morgan fingerprint density at radius 2 is 1.39 bits per heavy atom. The number of pyridine rings is 1. The number of benzene rings is 3. The topological polar surface area (TPSA) is 50.7 Å². The van der Waals surface area contributed by atoms with Crippen LogP contribution in [0.1, 0.15) is 0 Å². The molecule has 2 heterocycles. The summed E-state index contributed by atoms with van der Waals surface area (Å²) in [5.74, 6) is -4.19. The lowest BCUT2D eigenvalue weighted by Gasteiger charge is -2.12. The van der Waals surface area contributed by atoms with Crippen molar-refractivity contribution in [3.63, 3.8) is 0 Å². The van der Waals surface area contributed by atoms with Crippen LogP contribution in [0.2, 0.25) is 0 Å². The first-order chi connectivity index (χ1) is 16.0. The van der Waals surface area contributed by atoms with Crippen LogP contribution in [0.25, 0.3) is 33.4 Å². The Balaban J connectivity index is 1.54. The molecule has 162 valence electrons. The number of nitrogens with zero attached hydrogens (tertiary/aromatic N) is 3. The molecule has 0 aliphatic carbocycles. The van der Waals surface area contributed by atoms with Crippen LogP contribution >= 0.6 is 0 Å². The van der Waals surface area contributed by atoms with Crippen molar-refractivity contribution in [2.75, 3.05) is 5.32 Å². The van der Waals surface area contributed by atoms with Crippen LogP contribution in [0, 0.1) is 23.3 Å². The maximum absolute atomic E-state index is 14.8. The molecule has 4 nitrogen and oxygen atoms in total. The van der Waals surface area contributed by atoms with Gasteiger partial charge >= 0.3 is 0 Å². The second kappa shape index (κ2) is 8.31. The number of nitrogens with one attached hydrogen (secondary N) is 1. The molecule has 33 heavy (non-hydrogen) atoms. The fraction of sp³-hybridized carbons (Fsp3) is 0. The van der Waals surface area contributed by atoms with Crippen molar-refractivity contribution in [1.82, 2.24) is 15.0 Å². The molecule has 0 saturated carbocycles. The van der Waals surface area contributed by atoms with E-state index in [1.165, 1.54) is 12.1 Å². The number of fused-ring (bicyclic) bond motifs is 1. The van der Waals surface area contributed by atoms with E-state index >= 15 is 0 Å². The molecule has 5 rings (SSSR count). The summed E-state index contributed by atoms with van der Waals surface area (Å²) in [7, 11) is 0. The van der Waals surface area contributed by atoms with E-state index in [1.54, 1.807) is 30.6 Å². The molecule has 0 aliphatic rings.